The minimum absolute atomic E-state index is 0.198. The molecule has 3 nitrogen and oxygen atoms in total. The third kappa shape index (κ3) is 1.61. The lowest BCUT2D eigenvalue weighted by Gasteiger charge is -2.20. The Labute approximate surface area is 71.2 Å². The predicted octanol–water partition coefficient (Wildman–Crippen LogP) is 1.74. The van der Waals surface area contributed by atoms with E-state index in [9.17, 15) is 4.79 Å². The zero-order valence-electron chi connectivity index (χ0n) is 7.03. The first-order valence-electron chi connectivity index (χ1n) is 3.67. The summed E-state index contributed by atoms with van der Waals surface area (Å²) in [5, 5.41) is 0. The first kappa shape index (κ1) is 8.71. The van der Waals surface area contributed by atoms with E-state index in [1.165, 1.54) is 11.9 Å². The summed E-state index contributed by atoms with van der Waals surface area (Å²) in [7, 11) is 0. The van der Waals surface area contributed by atoms with Gasteiger partial charge in [-0.2, -0.15) is 0 Å². The molecule has 0 saturated carbocycles. The molecule has 0 bridgehead atoms. The van der Waals surface area contributed by atoms with Gasteiger partial charge in [-0.25, -0.2) is 9.10 Å². The van der Waals surface area contributed by atoms with Crippen molar-refractivity contribution >= 4 is 18.0 Å². The summed E-state index contributed by atoms with van der Waals surface area (Å²) in [5.41, 5.74) is 0. The quantitative estimate of drug-likeness (QED) is 0.599. The summed E-state index contributed by atoms with van der Waals surface area (Å²) >= 11 is 1.44. The van der Waals surface area contributed by atoms with Gasteiger partial charge in [0.1, 0.15) is 6.61 Å². The molecular weight excluding hydrogens is 162 g/mol. The number of hydrogen-bond acceptors (Lipinski definition) is 3. The van der Waals surface area contributed by atoms with Gasteiger partial charge in [-0.15, -0.1) is 0 Å². The molecule has 11 heavy (non-hydrogen) atoms. The number of rotatable bonds is 2. The number of carbonyl (C=O) groups is 1. The summed E-state index contributed by atoms with van der Waals surface area (Å²) in [6.07, 6.45) is 1.69. The number of ether oxygens (including phenoxy) is 1. The van der Waals surface area contributed by atoms with Gasteiger partial charge in [0.15, 0.2) is 0 Å². The molecule has 0 unspecified atom stereocenters. The van der Waals surface area contributed by atoms with Gasteiger partial charge in [0.25, 0.3) is 0 Å². The van der Waals surface area contributed by atoms with E-state index >= 15 is 0 Å². The van der Waals surface area contributed by atoms with Gasteiger partial charge in [-0.05, 0) is 17.9 Å². The van der Waals surface area contributed by atoms with Crippen molar-refractivity contribution in [2.75, 3.05) is 12.9 Å². The number of hydrogen-bond donors (Lipinski definition) is 0. The monoisotopic (exact) mass is 175 g/mol. The lowest BCUT2D eigenvalue weighted by Crippen LogP contribution is -2.31. The van der Waals surface area contributed by atoms with E-state index in [4.69, 9.17) is 4.74 Å². The zero-order chi connectivity index (χ0) is 8.43. The number of nitrogens with zero attached hydrogens (tertiary/aromatic N) is 1. The maximum absolute atomic E-state index is 11.0. The Bertz CT molecular complexity index is 161. The molecule has 0 N–H and O–H groups in total. The van der Waals surface area contributed by atoms with E-state index in [1.54, 1.807) is 4.31 Å². The summed E-state index contributed by atoms with van der Waals surface area (Å²) in [6, 6.07) is 0.248. The summed E-state index contributed by atoms with van der Waals surface area (Å²) in [5.74, 6) is 0.467. The Balaban J connectivity index is 2.61. The normalized spacial score (nSPS) is 24.5. The van der Waals surface area contributed by atoms with Crippen LogP contribution in [-0.4, -0.2) is 29.3 Å². The highest BCUT2D eigenvalue weighted by Crippen LogP contribution is 2.24. The van der Waals surface area contributed by atoms with E-state index in [-0.39, 0.29) is 12.1 Å². The van der Waals surface area contributed by atoms with E-state index in [1.807, 2.05) is 6.26 Å². The summed E-state index contributed by atoms with van der Waals surface area (Å²) in [6.45, 7) is 4.73. The minimum atomic E-state index is -0.198. The molecule has 1 atom stereocenters. The SMILES string of the molecule is CSN1C(=O)OC[C@H]1C(C)C. The molecule has 1 fully saturated rings. The average Bonchev–Trinajstić information content (AvgIpc) is 2.30. The highest BCUT2D eigenvalue weighted by molar-refractivity contribution is 7.96. The lowest BCUT2D eigenvalue weighted by molar-refractivity contribution is 0.170. The Morgan fingerprint density at radius 2 is 2.36 bits per heavy atom. The summed E-state index contributed by atoms with van der Waals surface area (Å²) in [4.78, 5) is 11.0. The van der Waals surface area contributed by atoms with Crippen LogP contribution in [0.25, 0.3) is 0 Å². The topological polar surface area (TPSA) is 29.5 Å². The van der Waals surface area contributed by atoms with Gasteiger partial charge in [-0.1, -0.05) is 13.8 Å². The second-order valence-electron chi connectivity index (χ2n) is 2.90. The fourth-order valence-electron chi connectivity index (χ4n) is 1.10. The van der Waals surface area contributed by atoms with E-state index in [0.29, 0.717) is 12.5 Å². The molecular formula is C7H13NO2S. The van der Waals surface area contributed by atoms with Gasteiger partial charge in [-0.3, -0.25) is 0 Å². The zero-order valence-corrected chi connectivity index (χ0v) is 7.85. The predicted molar refractivity (Wildman–Crippen MR) is 45.3 cm³/mol. The second-order valence-corrected chi connectivity index (χ2v) is 3.66. The number of cyclic esters (lactones) is 1. The largest absolute Gasteiger partial charge is 0.447 e. The number of carbonyl (C=O) groups excluding carboxylic acids is 1. The van der Waals surface area contributed by atoms with E-state index in [0.717, 1.165) is 0 Å². The van der Waals surface area contributed by atoms with Crippen LogP contribution in [0.1, 0.15) is 13.8 Å². The van der Waals surface area contributed by atoms with Gasteiger partial charge >= 0.3 is 6.09 Å². The molecule has 0 spiro atoms. The number of amides is 1. The van der Waals surface area contributed by atoms with Crippen LogP contribution in [-0.2, 0) is 4.74 Å². The second kappa shape index (κ2) is 3.34. The van der Waals surface area contributed by atoms with Crippen molar-refractivity contribution < 1.29 is 9.53 Å². The molecule has 1 heterocycles. The molecule has 1 rings (SSSR count). The summed E-state index contributed by atoms with van der Waals surface area (Å²) < 4.78 is 6.60. The molecule has 1 saturated heterocycles. The van der Waals surface area contributed by atoms with Crippen molar-refractivity contribution in [2.45, 2.75) is 19.9 Å². The first-order chi connectivity index (χ1) is 5.16. The third-order valence-electron chi connectivity index (χ3n) is 1.82. The maximum atomic E-state index is 11.0. The molecule has 1 amide bonds. The Kier molecular flexibility index (Phi) is 2.65. The van der Waals surface area contributed by atoms with Crippen molar-refractivity contribution in [1.29, 1.82) is 0 Å². The van der Waals surface area contributed by atoms with Crippen molar-refractivity contribution in [3.05, 3.63) is 0 Å². The molecule has 1 aliphatic rings. The van der Waals surface area contributed by atoms with Crippen LogP contribution < -0.4 is 0 Å². The van der Waals surface area contributed by atoms with Crippen molar-refractivity contribution in [1.82, 2.24) is 4.31 Å². The lowest BCUT2D eigenvalue weighted by atomic mass is 10.1. The maximum Gasteiger partial charge on any atom is 0.420 e. The van der Waals surface area contributed by atoms with E-state index < -0.39 is 0 Å². The smallest absolute Gasteiger partial charge is 0.420 e. The van der Waals surface area contributed by atoms with Gasteiger partial charge in [0.2, 0.25) is 0 Å². The van der Waals surface area contributed by atoms with Crippen LogP contribution >= 0.6 is 11.9 Å². The van der Waals surface area contributed by atoms with Crippen LogP contribution in [0, 0.1) is 5.92 Å². The van der Waals surface area contributed by atoms with Gasteiger partial charge < -0.3 is 4.74 Å². The fourth-order valence-corrected chi connectivity index (χ4v) is 1.87. The van der Waals surface area contributed by atoms with Crippen LogP contribution in [0.4, 0.5) is 4.79 Å². The van der Waals surface area contributed by atoms with Crippen molar-refractivity contribution in [3.63, 3.8) is 0 Å². The van der Waals surface area contributed by atoms with Gasteiger partial charge in [0, 0.05) is 6.26 Å². The Morgan fingerprint density at radius 1 is 1.73 bits per heavy atom. The average molecular weight is 175 g/mol. The third-order valence-corrected chi connectivity index (χ3v) is 2.64. The van der Waals surface area contributed by atoms with Crippen LogP contribution in [0.15, 0.2) is 0 Å². The molecule has 0 aromatic carbocycles. The van der Waals surface area contributed by atoms with Gasteiger partial charge in [0.05, 0.1) is 6.04 Å². The minimum Gasteiger partial charge on any atom is -0.447 e. The molecule has 4 heteroatoms. The molecule has 1 aliphatic heterocycles. The van der Waals surface area contributed by atoms with Crippen molar-refractivity contribution in [2.24, 2.45) is 5.92 Å². The highest BCUT2D eigenvalue weighted by atomic mass is 32.2. The standard InChI is InChI=1S/C7H13NO2S/c1-5(2)6-4-10-7(9)8(6)11-3/h5-6H,4H2,1-3H3/t6-/m0/s1. The Hall–Kier alpha value is -0.380. The molecule has 0 aromatic rings. The van der Waals surface area contributed by atoms with Crippen molar-refractivity contribution in [3.8, 4) is 0 Å². The molecule has 0 radical (unpaired) electrons. The fraction of sp³-hybridized carbons (Fsp3) is 0.857. The van der Waals surface area contributed by atoms with Crippen LogP contribution in [0.5, 0.6) is 0 Å². The van der Waals surface area contributed by atoms with Crippen LogP contribution in [0.3, 0.4) is 0 Å². The Morgan fingerprint density at radius 3 is 2.73 bits per heavy atom. The molecule has 0 aliphatic carbocycles. The van der Waals surface area contributed by atoms with E-state index in [2.05, 4.69) is 13.8 Å². The van der Waals surface area contributed by atoms with Crippen LogP contribution in [0.2, 0.25) is 0 Å². The first-order valence-corrected chi connectivity index (χ1v) is 4.85. The highest BCUT2D eigenvalue weighted by Gasteiger charge is 2.34. The molecule has 0 aromatic heterocycles. The molecule has 64 valence electrons.